The van der Waals surface area contributed by atoms with Gasteiger partial charge in [-0.05, 0) is 36.6 Å². The first-order valence-corrected chi connectivity index (χ1v) is 6.27. The fourth-order valence-electron chi connectivity index (χ4n) is 1.67. The zero-order valence-corrected chi connectivity index (χ0v) is 10.2. The third-order valence-corrected chi connectivity index (χ3v) is 3.46. The van der Waals surface area contributed by atoms with Crippen LogP contribution < -0.4 is 4.74 Å². The summed E-state index contributed by atoms with van der Waals surface area (Å²) in [6.07, 6.45) is 1.78. The summed E-state index contributed by atoms with van der Waals surface area (Å²) in [6.45, 7) is 2.06. The monoisotopic (exact) mass is 241 g/mol. The Morgan fingerprint density at radius 3 is 2.71 bits per heavy atom. The summed E-state index contributed by atoms with van der Waals surface area (Å²) in [5.41, 5.74) is 1.22. The van der Waals surface area contributed by atoms with Crippen molar-refractivity contribution in [2.75, 3.05) is 0 Å². The number of fused-ring (bicyclic) bond motifs is 1. The third kappa shape index (κ3) is 2.01. The molecule has 0 spiro atoms. The van der Waals surface area contributed by atoms with Gasteiger partial charge in [0.15, 0.2) is 0 Å². The maximum absolute atomic E-state index is 5.80. The van der Waals surface area contributed by atoms with Crippen LogP contribution in [0.3, 0.4) is 0 Å². The van der Waals surface area contributed by atoms with Crippen LogP contribution in [0.1, 0.15) is 5.56 Å². The summed E-state index contributed by atoms with van der Waals surface area (Å²) in [5.74, 6) is 1.49. The average molecular weight is 241 g/mol. The Labute approximate surface area is 104 Å². The number of ether oxygens (including phenoxy) is 1. The Balaban J connectivity index is 1.99. The van der Waals surface area contributed by atoms with Crippen molar-refractivity contribution in [2.24, 2.45) is 0 Å². The topological polar surface area (TPSA) is 22.1 Å². The molecule has 2 heterocycles. The Morgan fingerprint density at radius 1 is 1.06 bits per heavy atom. The summed E-state index contributed by atoms with van der Waals surface area (Å²) in [7, 11) is 0. The normalized spacial score (nSPS) is 10.6. The Morgan fingerprint density at radius 2 is 1.88 bits per heavy atom. The van der Waals surface area contributed by atoms with Gasteiger partial charge in [-0.15, -0.1) is 11.3 Å². The molecule has 0 aliphatic rings. The second-order valence-corrected chi connectivity index (χ2v) is 4.81. The van der Waals surface area contributed by atoms with Gasteiger partial charge in [0.1, 0.15) is 5.75 Å². The number of hydrogen-bond donors (Lipinski definition) is 0. The van der Waals surface area contributed by atoms with E-state index in [1.807, 2.05) is 41.8 Å². The second-order valence-electron chi connectivity index (χ2n) is 3.86. The van der Waals surface area contributed by atoms with Gasteiger partial charge in [-0.25, -0.2) is 4.98 Å². The molecule has 84 valence electrons. The van der Waals surface area contributed by atoms with Gasteiger partial charge >= 0.3 is 0 Å². The predicted octanol–water partition coefficient (Wildman–Crippen LogP) is 4.40. The van der Waals surface area contributed by atoms with Gasteiger partial charge in [0.2, 0.25) is 5.88 Å². The predicted molar refractivity (Wildman–Crippen MR) is 70.9 cm³/mol. The molecule has 0 aliphatic heterocycles. The lowest BCUT2D eigenvalue weighted by Crippen LogP contribution is -1.87. The molecule has 0 N–H and O–H groups in total. The molecule has 0 aliphatic carbocycles. The maximum Gasteiger partial charge on any atom is 0.227 e. The lowest BCUT2D eigenvalue weighted by Gasteiger charge is -2.05. The fourth-order valence-corrected chi connectivity index (χ4v) is 2.44. The minimum absolute atomic E-state index is 0.674. The standard InChI is InChI=1S/C14H11NOS/c1-10-2-4-11(5-3-10)16-14-12-7-9-17-13(12)6-8-15-14/h2-9H,1H3. The molecule has 0 radical (unpaired) electrons. The molecule has 0 saturated heterocycles. The van der Waals surface area contributed by atoms with Crippen LogP contribution in [0.4, 0.5) is 0 Å². The van der Waals surface area contributed by atoms with E-state index < -0.39 is 0 Å². The molecule has 3 aromatic rings. The van der Waals surface area contributed by atoms with Crippen LogP contribution in [0.2, 0.25) is 0 Å². The van der Waals surface area contributed by atoms with E-state index in [-0.39, 0.29) is 0 Å². The van der Waals surface area contributed by atoms with Crippen LogP contribution >= 0.6 is 11.3 Å². The van der Waals surface area contributed by atoms with Crippen LogP contribution in [0.15, 0.2) is 48.0 Å². The van der Waals surface area contributed by atoms with Gasteiger partial charge in [-0.2, -0.15) is 0 Å². The number of aryl methyl sites for hydroxylation is 1. The SMILES string of the molecule is Cc1ccc(Oc2nccc3sccc23)cc1. The highest BCUT2D eigenvalue weighted by Crippen LogP contribution is 2.30. The minimum atomic E-state index is 0.674. The molecule has 3 heteroatoms. The molecule has 1 aromatic carbocycles. The molecular weight excluding hydrogens is 230 g/mol. The quantitative estimate of drug-likeness (QED) is 0.663. The highest BCUT2D eigenvalue weighted by molar-refractivity contribution is 7.17. The van der Waals surface area contributed by atoms with E-state index >= 15 is 0 Å². The molecule has 2 nitrogen and oxygen atoms in total. The van der Waals surface area contributed by atoms with Gasteiger partial charge in [0.05, 0.1) is 5.39 Å². The maximum atomic E-state index is 5.80. The van der Waals surface area contributed by atoms with Gasteiger partial charge in [0, 0.05) is 10.9 Å². The van der Waals surface area contributed by atoms with E-state index in [0.29, 0.717) is 5.88 Å². The fraction of sp³-hybridized carbons (Fsp3) is 0.0714. The van der Waals surface area contributed by atoms with Crippen LogP contribution in [0, 0.1) is 6.92 Å². The van der Waals surface area contributed by atoms with Crippen LogP contribution in [0.5, 0.6) is 11.6 Å². The first-order valence-electron chi connectivity index (χ1n) is 5.40. The third-order valence-electron chi connectivity index (χ3n) is 2.58. The van der Waals surface area contributed by atoms with E-state index in [9.17, 15) is 0 Å². The molecule has 0 amide bonds. The van der Waals surface area contributed by atoms with Crippen molar-refractivity contribution in [3.05, 3.63) is 53.5 Å². The molecule has 3 rings (SSSR count). The Kier molecular flexibility index (Phi) is 2.53. The van der Waals surface area contributed by atoms with Gasteiger partial charge in [-0.3, -0.25) is 0 Å². The average Bonchev–Trinajstić information content (AvgIpc) is 2.81. The van der Waals surface area contributed by atoms with Crippen molar-refractivity contribution in [1.82, 2.24) is 4.98 Å². The zero-order valence-electron chi connectivity index (χ0n) is 9.38. The second kappa shape index (κ2) is 4.18. The Hall–Kier alpha value is -1.87. The highest BCUT2D eigenvalue weighted by Gasteiger charge is 2.05. The largest absolute Gasteiger partial charge is 0.438 e. The van der Waals surface area contributed by atoms with Crippen molar-refractivity contribution in [1.29, 1.82) is 0 Å². The van der Waals surface area contributed by atoms with Crippen LogP contribution in [0.25, 0.3) is 10.1 Å². The molecule has 0 bridgehead atoms. The Bertz CT molecular complexity index is 643. The summed E-state index contributed by atoms with van der Waals surface area (Å²) < 4.78 is 7.00. The van der Waals surface area contributed by atoms with Crippen molar-refractivity contribution in [2.45, 2.75) is 6.92 Å². The highest BCUT2D eigenvalue weighted by atomic mass is 32.1. The van der Waals surface area contributed by atoms with Gasteiger partial charge in [-0.1, -0.05) is 17.7 Å². The minimum Gasteiger partial charge on any atom is -0.438 e. The number of rotatable bonds is 2. The molecule has 0 fully saturated rings. The van der Waals surface area contributed by atoms with E-state index in [1.54, 1.807) is 17.5 Å². The smallest absolute Gasteiger partial charge is 0.227 e. The summed E-state index contributed by atoms with van der Waals surface area (Å²) in [6, 6.07) is 12.0. The lowest BCUT2D eigenvalue weighted by molar-refractivity contribution is 0.469. The molecule has 0 unspecified atom stereocenters. The van der Waals surface area contributed by atoms with Crippen molar-refractivity contribution in [3.8, 4) is 11.6 Å². The summed E-state index contributed by atoms with van der Waals surface area (Å²) >= 11 is 1.69. The first-order chi connectivity index (χ1) is 8.33. The zero-order chi connectivity index (χ0) is 11.7. The van der Waals surface area contributed by atoms with Gasteiger partial charge in [0.25, 0.3) is 0 Å². The van der Waals surface area contributed by atoms with Crippen molar-refractivity contribution in [3.63, 3.8) is 0 Å². The molecular formula is C14H11NOS. The summed E-state index contributed by atoms with van der Waals surface area (Å²) in [4.78, 5) is 4.28. The van der Waals surface area contributed by atoms with Crippen molar-refractivity contribution >= 4 is 21.4 Å². The molecule has 0 saturated carbocycles. The van der Waals surface area contributed by atoms with E-state index in [2.05, 4.69) is 11.9 Å². The van der Waals surface area contributed by atoms with E-state index in [0.717, 1.165) is 11.1 Å². The molecule has 17 heavy (non-hydrogen) atoms. The molecule has 0 atom stereocenters. The number of benzene rings is 1. The van der Waals surface area contributed by atoms with E-state index in [4.69, 9.17) is 4.74 Å². The van der Waals surface area contributed by atoms with Crippen LogP contribution in [-0.4, -0.2) is 4.98 Å². The van der Waals surface area contributed by atoms with Crippen LogP contribution in [-0.2, 0) is 0 Å². The van der Waals surface area contributed by atoms with Crippen molar-refractivity contribution < 1.29 is 4.74 Å². The number of pyridine rings is 1. The lowest BCUT2D eigenvalue weighted by atomic mass is 10.2. The summed E-state index contributed by atoms with van der Waals surface area (Å²) in [5, 5.41) is 3.12. The first kappa shape index (κ1) is 10.3. The molecule has 2 aromatic heterocycles. The van der Waals surface area contributed by atoms with Gasteiger partial charge < -0.3 is 4.74 Å². The number of nitrogens with zero attached hydrogens (tertiary/aromatic N) is 1. The number of hydrogen-bond acceptors (Lipinski definition) is 3. The number of thiophene rings is 1. The number of aromatic nitrogens is 1. The van der Waals surface area contributed by atoms with E-state index in [1.165, 1.54) is 10.3 Å².